The molecule has 200 valence electrons. The van der Waals surface area contributed by atoms with E-state index < -0.39 is 39.4 Å². The maximum absolute atomic E-state index is 15.3. The van der Waals surface area contributed by atoms with Crippen LogP contribution in [0.5, 0.6) is 0 Å². The number of hydrogen-bond acceptors (Lipinski definition) is 8. The Kier molecular flexibility index (Phi) is 6.25. The molecule has 0 amide bonds. The number of imidazole rings is 1. The van der Waals surface area contributed by atoms with Gasteiger partial charge in [0.15, 0.2) is 11.6 Å². The SMILES string of the molecule is C[C@@H]1CCc2c(-c3nc(N[C@@H]4CCN(S(C)(=O)=O)C[C@H]4O)ncc3F)cc(F)c3nc(C(C)(C)O)n1c23. The fourth-order valence-electron chi connectivity index (χ4n) is 5.27. The van der Waals surface area contributed by atoms with Crippen LogP contribution in [-0.2, 0) is 22.0 Å². The molecule has 4 heterocycles. The van der Waals surface area contributed by atoms with Gasteiger partial charge in [0, 0.05) is 24.7 Å². The van der Waals surface area contributed by atoms with E-state index in [1.807, 2.05) is 11.5 Å². The number of rotatable bonds is 5. The minimum Gasteiger partial charge on any atom is -0.390 e. The molecule has 0 aliphatic carbocycles. The molecule has 1 fully saturated rings. The number of nitrogens with one attached hydrogen (secondary N) is 1. The summed E-state index contributed by atoms with van der Waals surface area (Å²) in [4.78, 5) is 12.7. The fraction of sp³-hybridized carbons (Fsp3) is 0.542. The van der Waals surface area contributed by atoms with Crippen LogP contribution in [0.2, 0.25) is 0 Å². The minimum absolute atomic E-state index is 0.0378. The first kappa shape index (κ1) is 25.9. The van der Waals surface area contributed by atoms with E-state index in [-0.39, 0.29) is 41.9 Å². The Hall–Kier alpha value is -2.74. The molecule has 2 aliphatic rings. The van der Waals surface area contributed by atoms with Crippen molar-refractivity contribution in [3.63, 3.8) is 0 Å². The summed E-state index contributed by atoms with van der Waals surface area (Å²) in [5.41, 5.74) is 0.193. The molecule has 0 radical (unpaired) electrons. The zero-order chi connectivity index (χ0) is 26.9. The number of aromatic nitrogens is 4. The lowest BCUT2D eigenvalue weighted by molar-refractivity contribution is 0.0634. The van der Waals surface area contributed by atoms with Crippen LogP contribution in [0.25, 0.3) is 22.3 Å². The number of sulfonamides is 1. The summed E-state index contributed by atoms with van der Waals surface area (Å²) >= 11 is 0. The highest BCUT2D eigenvalue weighted by Gasteiger charge is 2.35. The average Bonchev–Trinajstić information content (AvgIpc) is 3.23. The summed E-state index contributed by atoms with van der Waals surface area (Å²) in [6, 6.07) is 0.624. The van der Waals surface area contributed by atoms with Gasteiger partial charge in [0.2, 0.25) is 16.0 Å². The standard InChI is InChI=1S/C24H30F2N6O4S/c1-12-5-6-13-14(9-15(25)20-21(13)32(12)22(29-20)24(2,3)34)19-16(26)10-27-23(30-19)28-17-7-8-31(11-18(17)33)37(4,35)36/h9-10,12,17-18,33-34H,5-8,11H2,1-4H3,(H,27,28,30)/t12-,17-,18-/m1/s1. The Morgan fingerprint density at radius 3 is 2.57 bits per heavy atom. The summed E-state index contributed by atoms with van der Waals surface area (Å²) in [6.07, 6.45) is 2.58. The molecule has 5 rings (SSSR count). The summed E-state index contributed by atoms with van der Waals surface area (Å²) < 4.78 is 57.0. The van der Waals surface area contributed by atoms with Gasteiger partial charge in [-0.25, -0.2) is 32.2 Å². The maximum atomic E-state index is 15.3. The maximum Gasteiger partial charge on any atom is 0.223 e. The van der Waals surface area contributed by atoms with E-state index in [1.54, 1.807) is 13.8 Å². The molecule has 0 unspecified atom stereocenters. The molecule has 1 aromatic carbocycles. The van der Waals surface area contributed by atoms with E-state index >= 15 is 8.78 Å². The number of piperidine rings is 1. The number of aliphatic hydroxyl groups excluding tert-OH is 1. The van der Waals surface area contributed by atoms with Crippen LogP contribution in [0.4, 0.5) is 14.7 Å². The number of halogens is 2. The van der Waals surface area contributed by atoms with Gasteiger partial charge in [0.25, 0.3) is 0 Å². The number of aryl methyl sites for hydroxylation is 1. The smallest absolute Gasteiger partial charge is 0.223 e. The van der Waals surface area contributed by atoms with E-state index in [1.165, 1.54) is 10.4 Å². The molecule has 1 saturated heterocycles. The van der Waals surface area contributed by atoms with Crippen molar-refractivity contribution in [2.75, 3.05) is 24.7 Å². The van der Waals surface area contributed by atoms with Crippen molar-refractivity contribution in [2.24, 2.45) is 0 Å². The molecule has 0 bridgehead atoms. The summed E-state index contributed by atoms with van der Waals surface area (Å²) in [5.74, 6) is -1.01. The lowest BCUT2D eigenvalue weighted by Crippen LogP contribution is -2.51. The van der Waals surface area contributed by atoms with Crippen molar-refractivity contribution >= 4 is 27.0 Å². The first-order valence-corrected chi connectivity index (χ1v) is 14.0. The van der Waals surface area contributed by atoms with Crippen LogP contribution in [0, 0.1) is 11.6 Å². The molecule has 0 saturated carbocycles. The molecule has 3 N–H and O–H groups in total. The molecular weight excluding hydrogens is 506 g/mol. The molecular formula is C24H30F2N6O4S. The van der Waals surface area contributed by atoms with E-state index in [0.717, 1.165) is 12.5 Å². The number of hydrogen-bond donors (Lipinski definition) is 3. The number of β-amino-alcohol motifs (C(OH)–C–C–N with tert-alkyl or cyclic N) is 1. The van der Waals surface area contributed by atoms with E-state index in [2.05, 4.69) is 20.3 Å². The third-order valence-corrected chi connectivity index (χ3v) is 8.42. The van der Waals surface area contributed by atoms with Gasteiger partial charge in [0.05, 0.1) is 30.1 Å². The third kappa shape index (κ3) is 4.58. The van der Waals surface area contributed by atoms with E-state index in [9.17, 15) is 18.6 Å². The van der Waals surface area contributed by atoms with Gasteiger partial charge in [-0.05, 0) is 51.7 Å². The lowest BCUT2D eigenvalue weighted by atomic mass is 9.93. The topological polar surface area (TPSA) is 133 Å². The molecule has 3 aromatic rings. The van der Waals surface area contributed by atoms with Crippen molar-refractivity contribution in [2.45, 2.75) is 63.8 Å². The Balaban J connectivity index is 1.55. The van der Waals surface area contributed by atoms with Crippen LogP contribution >= 0.6 is 0 Å². The second-order valence-electron chi connectivity index (χ2n) is 10.5. The lowest BCUT2D eigenvalue weighted by Gasteiger charge is -2.34. The highest BCUT2D eigenvalue weighted by atomic mass is 32.2. The summed E-state index contributed by atoms with van der Waals surface area (Å²) in [6.45, 7) is 5.28. The molecule has 3 atom stereocenters. The van der Waals surface area contributed by atoms with E-state index in [0.29, 0.717) is 36.2 Å². The average molecular weight is 537 g/mol. The monoisotopic (exact) mass is 536 g/mol. The Labute approximate surface area is 213 Å². The van der Waals surface area contributed by atoms with Gasteiger partial charge in [-0.1, -0.05) is 0 Å². The second kappa shape index (κ2) is 8.93. The zero-order valence-electron chi connectivity index (χ0n) is 21.0. The number of aliphatic hydroxyl groups is 2. The van der Waals surface area contributed by atoms with Crippen molar-refractivity contribution in [3.8, 4) is 11.3 Å². The molecule has 13 heteroatoms. The molecule has 37 heavy (non-hydrogen) atoms. The highest BCUT2D eigenvalue weighted by Crippen LogP contribution is 2.41. The van der Waals surface area contributed by atoms with Crippen molar-refractivity contribution in [1.29, 1.82) is 0 Å². The third-order valence-electron chi connectivity index (χ3n) is 7.15. The van der Waals surface area contributed by atoms with Crippen LogP contribution in [0.3, 0.4) is 0 Å². The molecule has 0 spiro atoms. The van der Waals surface area contributed by atoms with Crippen LogP contribution in [0.1, 0.15) is 51.0 Å². The van der Waals surface area contributed by atoms with Gasteiger partial charge < -0.3 is 20.1 Å². The van der Waals surface area contributed by atoms with Gasteiger partial charge in [-0.15, -0.1) is 0 Å². The quantitative estimate of drug-likeness (QED) is 0.453. The Morgan fingerprint density at radius 1 is 1.19 bits per heavy atom. The largest absolute Gasteiger partial charge is 0.390 e. The van der Waals surface area contributed by atoms with Gasteiger partial charge in [-0.2, -0.15) is 4.31 Å². The number of benzene rings is 1. The molecule has 2 aromatic heterocycles. The molecule has 2 aliphatic heterocycles. The van der Waals surface area contributed by atoms with Crippen LogP contribution in [0.15, 0.2) is 12.3 Å². The second-order valence-corrected chi connectivity index (χ2v) is 12.4. The first-order chi connectivity index (χ1) is 17.3. The van der Waals surface area contributed by atoms with E-state index in [4.69, 9.17) is 0 Å². The van der Waals surface area contributed by atoms with Gasteiger partial charge in [-0.3, -0.25) is 0 Å². The highest BCUT2D eigenvalue weighted by molar-refractivity contribution is 7.88. The van der Waals surface area contributed by atoms with Crippen LogP contribution in [-0.4, -0.2) is 73.9 Å². The Bertz CT molecular complexity index is 1490. The number of nitrogens with zero attached hydrogens (tertiary/aromatic N) is 5. The summed E-state index contributed by atoms with van der Waals surface area (Å²) in [7, 11) is -3.44. The van der Waals surface area contributed by atoms with Gasteiger partial charge in [0.1, 0.15) is 22.6 Å². The van der Waals surface area contributed by atoms with Crippen molar-refractivity contribution < 1.29 is 27.4 Å². The first-order valence-electron chi connectivity index (χ1n) is 12.1. The van der Waals surface area contributed by atoms with Crippen LogP contribution < -0.4 is 5.32 Å². The summed E-state index contributed by atoms with van der Waals surface area (Å²) in [5, 5.41) is 24.2. The fourth-order valence-corrected chi connectivity index (χ4v) is 6.13. The number of anilines is 1. The molecule has 10 nitrogen and oxygen atoms in total. The van der Waals surface area contributed by atoms with Crippen molar-refractivity contribution in [3.05, 3.63) is 35.3 Å². The predicted octanol–water partition coefficient (Wildman–Crippen LogP) is 2.31. The Morgan fingerprint density at radius 2 is 1.92 bits per heavy atom. The predicted molar refractivity (Wildman–Crippen MR) is 133 cm³/mol. The normalized spacial score (nSPS) is 23.0. The van der Waals surface area contributed by atoms with Crippen molar-refractivity contribution in [1.82, 2.24) is 23.8 Å². The van der Waals surface area contributed by atoms with Gasteiger partial charge >= 0.3 is 0 Å². The minimum atomic E-state index is -3.44. The zero-order valence-corrected chi connectivity index (χ0v) is 21.8.